The molecule has 0 aliphatic rings. The van der Waals surface area contributed by atoms with E-state index in [1.165, 1.54) is 6.42 Å². The van der Waals surface area contributed by atoms with E-state index in [1.54, 1.807) is 5.19 Å². The Morgan fingerprint density at radius 2 is 1.79 bits per heavy atom. The molecule has 0 amide bonds. The molecular weight excluding hydrogens is 252 g/mol. The molecule has 0 radical (unpaired) electrons. The van der Waals surface area contributed by atoms with Gasteiger partial charge in [0.05, 0.1) is 8.07 Å². The van der Waals surface area contributed by atoms with Crippen LogP contribution in [0.3, 0.4) is 0 Å². The van der Waals surface area contributed by atoms with E-state index >= 15 is 0 Å². The quantitative estimate of drug-likeness (QED) is 0.577. The van der Waals surface area contributed by atoms with Gasteiger partial charge in [0, 0.05) is 5.33 Å². The molecule has 1 aromatic carbocycles. The summed E-state index contributed by atoms with van der Waals surface area (Å²) in [6, 6.07) is 11.0. The summed E-state index contributed by atoms with van der Waals surface area (Å²) >= 11 is 3.54. The van der Waals surface area contributed by atoms with Crippen molar-refractivity contribution >= 4 is 29.2 Å². The monoisotopic (exact) mass is 270 g/mol. The molecule has 78 valence electrons. The zero-order valence-corrected chi connectivity index (χ0v) is 11.8. The molecule has 1 atom stereocenters. The van der Waals surface area contributed by atoms with Crippen LogP contribution < -0.4 is 5.19 Å². The zero-order chi connectivity index (χ0) is 10.6. The molecule has 0 saturated carbocycles. The first-order valence-corrected chi connectivity index (χ1v) is 9.40. The number of benzene rings is 1. The Morgan fingerprint density at radius 1 is 1.21 bits per heavy atom. The van der Waals surface area contributed by atoms with Crippen LogP contribution in [0.5, 0.6) is 0 Å². The van der Waals surface area contributed by atoms with Gasteiger partial charge >= 0.3 is 0 Å². The molecule has 1 aromatic rings. The number of hydrogen-bond donors (Lipinski definition) is 0. The van der Waals surface area contributed by atoms with Gasteiger partial charge in [-0.15, -0.1) is 0 Å². The van der Waals surface area contributed by atoms with Crippen molar-refractivity contribution in [1.82, 2.24) is 0 Å². The molecule has 0 spiro atoms. The molecule has 0 heterocycles. The fraction of sp³-hybridized carbons (Fsp3) is 0.500. The van der Waals surface area contributed by atoms with Crippen molar-refractivity contribution in [2.75, 3.05) is 5.33 Å². The Kier molecular flexibility index (Phi) is 4.39. The van der Waals surface area contributed by atoms with Gasteiger partial charge < -0.3 is 0 Å². The fourth-order valence-corrected chi connectivity index (χ4v) is 5.27. The van der Waals surface area contributed by atoms with Gasteiger partial charge in [-0.25, -0.2) is 0 Å². The summed E-state index contributed by atoms with van der Waals surface area (Å²) in [5.41, 5.74) is 0.837. The van der Waals surface area contributed by atoms with Gasteiger partial charge in [0.2, 0.25) is 0 Å². The van der Waals surface area contributed by atoms with Crippen molar-refractivity contribution < 1.29 is 0 Å². The lowest BCUT2D eigenvalue weighted by Gasteiger charge is -2.29. The van der Waals surface area contributed by atoms with Gasteiger partial charge in [0.1, 0.15) is 0 Å². The first kappa shape index (κ1) is 12.0. The summed E-state index contributed by atoms with van der Waals surface area (Å²) in [4.78, 5) is 0. The van der Waals surface area contributed by atoms with Gasteiger partial charge in [-0.1, -0.05) is 71.5 Å². The molecule has 0 fully saturated rings. The zero-order valence-electron chi connectivity index (χ0n) is 9.26. The summed E-state index contributed by atoms with van der Waals surface area (Å²) < 4.78 is 0. The van der Waals surface area contributed by atoms with E-state index in [4.69, 9.17) is 0 Å². The molecule has 0 saturated heterocycles. The molecule has 2 heteroatoms. The van der Waals surface area contributed by atoms with E-state index in [-0.39, 0.29) is 0 Å². The summed E-state index contributed by atoms with van der Waals surface area (Å²) in [7, 11) is -1.23. The minimum atomic E-state index is -1.23. The van der Waals surface area contributed by atoms with Crippen LogP contribution in [-0.2, 0) is 0 Å². The second-order valence-electron chi connectivity index (χ2n) is 4.47. The predicted molar refractivity (Wildman–Crippen MR) is 71.4 cm³/mol. The van der Waals surface area contributed by atoms with Gasteiger partial charge in [0.15, 0.2) is 0 Å². The van der Waals surface area contributed by atoms with Crippen LogP contribution in [0.2, 0.25) is 18.6 Å². The smallest absolute Gasteiger partial charge is 0.0834 e. The number of alkyl halides is 1. The molecule has 0 aromatic heterocycles. The van der Waals surface area contributed by atoms with Crippen molar-refractivity contribution in [2.45, 2.75) is 32.0 Å². The van der Waals surface area contributed by atoms with Crippen molar-refractivity contribution in [1.29, 1.82) is 0 Å². The third-order valence-corrected chi connectivity index (χ3v) is 8.32. The average Bonchev–Trinajstić information content (AvgIpc) is 2.19. The third-order valence-electron chi connectivity index (χ3n) is 3.29. The first-order chi connectivity index (χ1) is 6.59. The molecule has 0 bridgehead atoms. The molecule has 0 N–H and O–H groups in total. The highest BCUT2D eigenvalue weighted by Crippen LogP contribution is 2.25. The van der Waals surface area contributed by atoms with Gasteiger partial charge in [-0.05, 0) is 12.0 Å². The van der Waals surface area contributed by atoms with Crippen LogP contribution in [0, 0.1) is 0 Å². The summed E-state index contributed by atoms with van der Waals surface area (Å²) in [6.45, 7) is 7.33. The second kappa shape index (κ2) is 5.13. The maximum absolute atomic E-state index is 3.54. The Balaban J connectivity index is 2.84. The van der Waals surface area contributed by atoms with Crippen molar-refractivity contribution in [3.63, 3.8) is 0 Å². The predicted octanol–water partition coefficient (Wildman–Crippen LogP) is 3.78. The highest BCUT2D eigenvalue weighted by atomic mass is 79.9. The lowest BCUT2D eigenvalue weighted by atomic mass is 10.4. The largest absolute Gasteiger partial charge is 0.0928 e. The number of rotatable bonds is 4. The van der Waals surface area contributed by atoms with E-state index in [2.05, 4.69) is 66.3 Å². The minimum Gasteiger partial charge on any atom is -0.0928 e. The third kappa shape index (κ3) is 2.70. The van der Waals surface area contributed by atoms with Gasteiger partial charge in [-0.2, -0.15) is 0 Å². The normalized spacial score (nSPS) is 14.0. The maximum Gasteiger partial charge on any atom is 0.0834 e. The Labute approximate surface area is 96.9 Å². The summed E-state index contributed by atoms with van der Waals surface area (Å²) in [6.07, 6.45) is 1.29. The van der Waals surface area contributed by atoms with Crippen LogP contribution in [0.1, 0.15) is 13.3 Å². The molecule has 1 rings (SSSR count). The molecule has 0 aliphatic heterocycles. The molecule has 1 unspecified atom stereocenters. The van der Waals surface area contributed by atoms with Crippen LogP contribution in [0.25, 0.3) is 0 Å². The average molecular weight is 271 g/mol. The SMILES string of the molecule is CC(CCBr)[Si](C)(C)c1ccccc1. The fourth-order valence-electron chi connectivity index (χ4n) is 1.68. The molecule has 0 aliphatic carbocycles. The van der Waals surface area contributed by atoms with Crippen molar-refractivity contribution in [3.05, 3.63) is 30.3 Å². The lowest BCUT2D eigenvalue weighted by molar-refractivity contribution is 0.862. The van der Waals surface area contributed by atoms with Gasteiger partial charge in [0.25, 0.3) is 0 Å². The summed E-state index contributed by atoms with van der Waals surface area (Å²) in [5.74, 6) is 0. The van der Waals surface area contributed by atoms with Crippen LogP contribution in [0.4, 0.5) is 0 Å². The van der Waals surface area contributed by atoms with E-state index in [9.17, 15) is 0 Å². The van der Waals surface area contributed by atoms with Crippen LogP contribution in [-0.4, -0.2) is 13.4 Å². The maximum atomic E-state index is 3.54. The van der Waals surface area contributed by atoms with Crippen LogP contribution >= 0.6 is 15.9 Å². The van der Waals surface area contributed by atoms with Crippen molar-refractivity contribution in [3.8, 4) is 0 Å². The topological polar surface area (TPSA) is 0 Å². The molecule has 14 heavy (non-hydrogen) atoms. The minimum absolute atomic E-state index is 0.837. The Morgan fingerprint density at radius 3 is 2.29 bits per heavy atom. The van der Waals surface area contributed by atoms with E-state index in [1.807, 2.05) is 0 Å². The second-order valence-corrected chi connectivity index (χ2v) is 10.3. The highest BCUT2D eigenvalue weighted by Gasteiger charge is 2.29. The Bertz CT molecular complexity index is 269. The van der Waals surface area contributed by atoms with Crippen LogP contribution in [0.15, 0.2) is 30.3 Å². The van der Waals surface area contributed by atoms with Crippen molar-refractivity contribution in [2.24, 2.45) is 0 Å². The van der Waals surface area contributed by atoms with E-state index in [0.29, 0.717) is 0 Å². The number of hydrogen-bond acceptors (Lipinski definition) is 0. The molecule has 0 nitrogen and oxygen atoms in total. The lowest BCUT2D eigenvalue weighted by Crippen LogP contribution is -2.45. The summed E-state index contributed by atoms with van der Waals surface area (Å²) in [5, 5.41) is 2.70. The van der Waals surface area contributed by atoms with Gasteiger partial charge in [-0.3, -0.25) is 0 Å². The Hall–Kier alpha value is -0.0831. The standard InChI is InChI=1S/C12H19BrSi/c1-11(9-10-13)14(2,3)12-7-5-4-6-8-12/h4-8,11H,9-10H2,1-3H3. The number of halogens is 1. The van der Waals surface area contributed by atoms with E-state index in [0.717, 1.165) is 10.9 Å². The highest BCUT2D eigenvalue weighted by molar-refractivity contribution is 9.09. The molecular formula is C12H19BrSi. The van der Waals surface area contributed by atoms with E-state index < -0.39 is 8.07 Å². The first-order valence-electron chi connectivity index (χ1n) is 5.20.